The first kappa shape index (κ1) is 21.4. The second-order valence-electron chi connectivity index (χ2n) is 7.75. The highest BCUT2D eigenvalue weighted by Gasteiger charge is 2.28. The maximum Gasteiger partial charge on any atom is 0.337 e. The van der Waals surface area contributed by atoms with Gasteiger partial charge in [-0.3, -0.25) is 4.68 Å². The van der Waals surface area contributed by atoms with Gasteiger partial charge in [0.05, 0.1) is 32.2 Å². The Morgan fingerprint density at radius 1 is 1.06 bits per heavy atom. The average Bonchev–Trinajstić information content (AvgIpc) is 3.19. The summed E-state index contributed by atoms with van der Waals surface area (Å²) in [6.45, 7) is 1.98. The van der Waals surface area contributed by atoms with Crippen LogP contribution in [0.15, 0.2) is 53.9 Å². The van der Waals surface area contributed by atoms with Crippen molar-refractivity contribution in [1.29, 1.82) is 0 Å². The first-order valence-corrected chi connectivity index (χ1v) is 10.4. The number of carbonyl (C=O) groups is 1. The van der Waals surface area contributed by atoms with Gasteiger partial charge in [0.15, 0.2) is 11.5 Å². The molecule has 0 spiro atoms. The number of amides is 2. The van der Waals surface area contributed by atoms with Crippen LogP contribution in [0.2, 0.25) is 0 Å². The van der Waals surface area contributed by atoms with E-state index in [0.717, 1.165) is 27.8 Å². The molecular weight excluding hydrogens is 406 g/mol. The Labute approximate surface area is 187 Å². The van der Waals surface area contributed by atoms with Crippen molar-refractivity contribution < 1.29 is 14.3 Å². The van der Waals surface area contributed by atoms with E-state index >= 15 is 0 Å². The van der Waals surface area contributed by atoms with Crippen molar-refractivity contribution in [3.8, 4) is 22.6 Å². The van der Waals surface area contributed by atoms with Gasteiger partial charge in [-0.05, 0) is 36.6 Å². The van der Waals surface area contributed by atoms with E-state index in [9.17, 15) is 4.79 Å². The second-order valence-corrected chi connectivity index (χ2v) is 7.75. The summed E-state index contributed by atoms with van der Waals surface area (Å²) in [5.74, 6) is 1.27. The number of hydrogen-bond acceptors (Lipinski definition) is 5. The lowest BCUT2D eigenvalue weighted by Crippen LogP contribution is -2.41. The van der Waals surface area contributed by atoms with Gasteiger partial charge in [0.25, 0.3) is 0 Å². The molecule has 4 rings (SSSR count). The van der Waals surface area contributed by atoms with Crippen molar-refractivity contribution in [2.24, 2.45) is 12.1 Å². The zero-order valence-electron chi connectivity index (χ0n) is 18.9. The Morgan fingerprint density at radius 2 is 1.72 bits per heavy atom. The number of fused-ring (bicyclic) bond motifs is 1. The molecule has 0 unspecified atom stereocenters. The largest absolute Gasteiger partial charge is 0.493 e. The lowest BCUT2D eigenvalue weighted by molar-refractivity contribution is 0.184. The standard InChI is InChI=1S/C24H27N5O3/c1-15-10-18-11-21(31-4)22(32-5)12-20(18)23(27-29(15)24(30)25-2)17-8-6-16(7-9-17)19-13-26-28(3)14-19/h6-9,11-15H,10H2,1-5H3,(H,25,30)/t15-/m1/s1. The molecule has 8 heteroatoms. The maximum absolute atomic E-state index is 12.6. The van der Waals surface area contributed by atoms with E-state index in [1.807, 2.05) is 62.8 Å². The number of aromatic nitrogens is 2. The molecule has 3 aromatic rings. The number of aryl methyl sites for hydroxylation is 1. The fourth-order valence-corrected chi connectivity index (χ4v) is 3.94. The van der Waals surface area contributed by atoms with Crippen LogP contribution in [0.25, 0.3) is 11.1 Å². The summed E-state index contributed by atoms with van der Waals surface area (Å²) in [6, 6.07) is 11.6. The lowest BCUT2D eigenvalue weighted by Gasteiger charge is -2.22. The van der Waals surface area contributed by atoms with Crippen molar-refractivity contribution in [3.05, 3.63) is 65.5 Å². The lowest BCUT2D eigenvalue weighted by atomic mass is 9.93. The van der Waals surface area contributed by atoms with Crippen LogP contribution in [0, 0.1) is 0 Å². The number of methoxy groups -OCH3 is 2. The Kier molecular flexibility index (Phi) is 5.85. The maximum atomic E-state index is 12.6. The molecule has 32 heavy (non-hydrogen) atoms. The highest BCUT2D eigenvalue weighted by atomic mass is 16.5. The number of benzene rings is 2. The van der Waals surface area contributed by atoms with Gasteiger partial charge in [0.2, 0.25) is 0 Å². The summed E-state index contributed by atoms with van der Waals surface area (Å²) in [4.78, 5) is 12.6. The minimum Gasteiger partial charge on any atom is -0.493 e. The summed E-state index contributed by atoms with van der Waals surface area (Å²) in [7, 11) is 6.73. The van der Waals surface area contributed by atoms with Crippen LogP contribution >= 0.6 is 0 Å². The molecule has 1 atom stereocenters. The second kappa shape index (κ2) is 8.74. The molecule has 1 aliphatic heterocycles. The molecular formula is C24H27N5O3. The predicted octanol–water partition coefficient (Wildman–Crippen LogP) is 3.44. The monoisotopic (exact) mass is 433 g/mol. The summed E-state index contributed by atoms with van der Waals surface area (Å²) >= 11 is 0. The third-order valence-electron chi connectivity index (χ3n) is 5.62. The molecule has 2 aromatic carbocycles. The molecule has 166 valence electrons. The van der Waals surface area contributed by atoms with Crippen molar-refractivity contribution in [2.45, 2.75) is 19.4 Å². The van der Waals surface area contributed by atoms with Crippen LogP contribution in [0.5, 0.6) is 11.5 Å². The third kappa shape index (κ3) is 3.91. The SMILES string of the molecule is CNC(=O)N1N=C(c2ccc(-c3cnn(C)c3)cc2)c2cc(OC)c(OC)cc2C[C@H]1C. The molecule has 0 saturated carbocycles. The Balaban J connectivity index is 1.85. The predicted molar refractivity (Wildman–Crippen MR) is 123 cm³/mol. The van der Waals surface area contributed by atoms with Crippen LogP contribution in [0.1, 0.15) is 23.6 Å². The quantitative estimate of drug-likeness (QED) is 0.683. The normalized spacial score (nSPS) is 15.5. The fraction of sp³-hybridized carbons (Fsp3) is 0.292. The van der Waals surface area contributed by atoms with Crippen LogP contribution in [0.3, 0.4) is 0 Å². The molecule has 2 heterocycles. The number of rotatable bonds is 4. The van der Waals surface area contributed by atoms with Gasteiger partial charge in [0.1, 0.15) is 0 Å². The number of nitrogens with one attached hydrogen (secondary N) is 1. The van der Waals surface area contributed by atoms with Crippen LogP contribution < -0.4 is 14.8 Å². The van der Waals surface area contributed by atoms with E-state index < -0.39 is 0 Å². The van der Waals surface area contributed by atoms with Gasteiger partial charge in [-0.15, -0.1) is 0 Å². The number of urea groups is 1. The van der Waals surface area contributed by atoms with Crippen molar-refractivity contribution >= 4 is 11.7 Å². The van der Waals surface area contributed by atoms with Crippen molar-refractivity contribution in [2.75, 3.05) is 21.3 Å². The smallest absolute Gasteiger partial charge is 0.337 e. The van der Waals surface area contributed by atoms with Gasteiger partial charge in [-0.25, -0.2) is 9.80 Å². The molecule has 8 nitrogen and oxygen atoms in total. The summed E-state index contributed by atoms with van der Waals surface area (Å²) in [6.07, 6.45) is 4.43. The highest BCUT2D eigenvalue weighted by molar-refractivity contribution is 6.14. The van der Waals surface area contributed by atoms with Crippen LogP contribution in [0.4, 0.5) is 4.79 Å². The van der Waals surface area contributed by atoms with E-state index in [1.165, 1.54) is 5.01 Å². The van der Waals surface area contributed by atoms with Gasteiger partial charge in [-0.2, -0.15) is 10.2 Å². The molecule has 2 amide bonds. The van der Waals surface area contributed by atoms with E-state index in [0.29, 0.717) is 23.6 Å². The molecule has 0 radical (unpaired) electrons. The number of ether oxygens (including phenoxy) is 2. The minimum absolute atomic E-state index is 0.140. The Hall–Kier alpha value is -3.81. The van der Waals surface area contributed by atoms with Crippen molar-refractivity contribution in [3.63, 3.8) is 0 Å². The summed E-state index contributed by atoms with van der Waals surface area (Å²) in [5.41, 5.74) is 5.64. The molecule has 0 aliphatic carbocycles. The van der Waals surface area contributed by atoms with Crippen LogP contribution in [-0.4, -0.2) is 53.8 Å². The average molecular weight is 434 g/mol. The molecule has 0 bridgehead atoms. The van der Waals surface area contributed by atoms with Gasteiger partial charge in [-0.1, -0.05) is 24.3 Å². The number of carbonyl (C=O) groups excluding carboxylic acids is 1. The zero-order valence-corrected chi connectivity index (χ0v) is 18.9. The Morgan fingerprint density at radius 3 is 2.31 bits per heavy atom. The zero-order chi connectivity index (χ0) is 22.8. The number of hydrazone groups is 1. The van der Waals surface area contributed by atoms with Gasteiger partial charge in [0, 0.05) is 37.0 Å². The molecule has 1 aliphatic rings. The van der Waals surface area contributed by atoms with E-state index in [-0.39, 0.29) is 12.1 Å². The third-order valence-corrected chi connectivity index (χ3v) is 5.62. The summed E-state index contributed by atoms with van der Waals surface area (Å²) < 4.78 is 12.8. The van der Waals surface area contributed by atoms with Gasteiger partial charge < -0.3 is 14.8 Å². The molecule has 1 N–H and O–H groups in total. The fourth-order valence-electron chi connectivity index (χ4n) is 3.94. The van der Waals surface area contributed by atoms with E-state index in [2.05, 4.69) is 10.4 Å². The van der Waals surface area contributed by atoms with Crippen LogP contribution in [-0.2, 0) is 13.5 Å². The minimum atomic E-state index is -0.256. The molecule has 1 aromatic heterocycles. The number of nitrogens with zero attached hydrogens (tertiary/aromatic N) is 4. The van der Waals surface area contributed by atoms with Crippen molar-refractivity contribution in [1.82, 2.24) is 20.1 Å². The number of hydrogen-bond donors (Lipinski definition) is 1. The first-order valence-electron chi connectivity index (χ1n) is 10.4. The molecule has 0 fully saturated rings. The van der Waals surface area contributed by atoms with E-state index in [1.54, 1.807) is 25.9 Å². The first-order chi connectivity index (χ1) is 15.4. The van der Waals surface area contributed by atoms with Gasteiger partial charge >= 0.3 is 6.03 Å². The highest BCUT2D eigenvalue weighted by Crippen LogP contribution is 2.35. The topological polar surface area (TPSA) is 81.0 Å². The Bertz CT molecular complexity index is 1170. The molecule has 0 saturated heterocycles. The summed E-state index contributed by atoms with van der Waals surface area (Å²) in [5, 5.41) is 13.2. The van der Waals surface area contributed by atoms with E-state index in [4.69, 9.17) is 14.6 Å².